The fraction of sp³-hybridized carbons (Fsp3) is 0.867. The lowest BCUT2D eigenvalue weighted by atomic mass is 9.84. The van der Waals surface area contributed by atoms with Crippen LogP contribution in [-0.4, -0.2) is 67.6 Å². The summed E-state index contributed by atoms with van der Waals surface area (Å²) in [5, 5.41) is 0. The van der Waals surface area contributed by atoms with Crippen LogP contribution >= 0.6 is 0 Å². The van der Waals surface area contributed by atoms with E-state index >= 15 is 0 Å². The minimum absolute atomic E-state index is 0.0151. The van der Waals surface area contributed by atoms with E-state index < -0.39 is 0 Å². The molecule has 2 rings (SSSR count). The van der Waals surface area contributed by atoms with Gasteiger partial charge in [-0.05, 0) is 45.2 Å². The second kappa shape index (κ2) is 7.22. The van der Waals surface area contributed by atoms with Crippen LogP contribution in [0.4, 0.5) is 0 Å². The Morgan fingerprint density at radius 2 is 1.95 bits per heavy atom. The molecule has 0 spiro atoms. The number of hydrogen-bond donors (Lipinski definition) is 1. The van der Waals surface area contributed by atoms with Crippen LogP contribution in [0, 0.1) is 11.8 Å². The highest BCUT2D eigenvalue weighted by Crippen LogP contribution is 2.32. The number of amides is 2. The zero-order valence-electron chi connectivity index (χ0n) is 13.1. The second-order valence-electron chi connectivity index (χ2n) is 6.15. The number of nitrogens with zero attached hydrogens (tertiary/aromatic N) is 2. The van der Waals surface area contributed by atoms with Gasteiger partial charge in [0.2, 0.25) is 11.8 Å². The maximum Gasteiger partial charge on any atom is 0.236 e. The summed E-state index contributed by atoms with van der Waals surface area (Å²) < 4.78 is 5.74. The zero-order valence-corrected chi connectivity index (χ0v) is 13.1. The van der Waals surface area contributed by atoms with Crippen molar-refractivity contribution in [3.8, 4) is 0 Å². The summed E-state index contributed by atoms with van der Waals surface area (Å²) in [5.41, 5.74) is 5.46. The number of nitrogens with two attached hydrogens (primary N) is 1. The molecule has 6 nitrogen and oxygen atoms in total. The van der Waals surface area contributed by atoms with E-state index in [0.29, 0.717) is 19.1 Å². The lowest BCUT2D eigenvalue weighted by Crippen LogP contribution is -2.45. The number of carbonyl (C=O) groups excluding carboxylic acids is 2. The molecule has 0 bridgehead atoms. The van der Waals surface area contributed by atoms with Crippen molar-refractivity contribution in [3.63, 3.8) is 0 Å². The highest BCUT2D eigenvalue weighted by Gasteiger charge is 2.39. The van der Waals surface area contributed by atoms with E-state index in [4.69, 9.17) is 10.5 Å². The first-order chi connectivity index (χ1) is 10.0. The lowest BCUT2D eigenvalue weighted by Gasteiger charge is -2.35. The molecule has 21 heavy (non-hydrogen) atoms. The average Bonchev–Trinajstić information content (AvgIpc) is 2.96. The second-order valence-corrected chi connectivity index (χ2v) is 6.15. The van der Waals surface area contributed by atoms with Gasteiger partial charge in [-0.2, -0.15) is 0 Å². The van der Waals surface area contributed by atoms with Gasteiger partial charge in [-0.25, -0.2) is 0 Å². The third-order valence-electron chi connectivity index (χ3n) is 4.86. The van der Waals surface area contributed by atoms with Crippen LogP contribution in [0.3, 0.4) is 0 Å². The maximum atomic E-state index is 11.9. The largest absolute Gasteiger partial charge is 0.377 e. The van der Waals surface area contributed by atoms with Gasteiger partial charge in [0.1, 0.15) is 0 Å². The molecular weight excluding hydrogens is 270 g/mol. The lowest BCUT2D eigenvalue weighted by molar-refractivity contribution is -0.131. The van der Waals surface area contributed by atoms with Crippen molar-refractivity contribution in [1.82, 2.24) is 9.80 Å². The molecule has 0 saturated carbocycles. The maximum absolute atomic E-state index is 11.9. The molecule has 0 aromatic carbocycles. The number of carbonyl (C=O) groups is 2. The molecule has 6 heteroatoms. The molecule has 0 unspecified atom stereocenters. The van der Waals surface area contributed by atoms with Gasteiger partial charge >= 0.3 is 0 Å². The summed E-state index contributed by atoms with van der Waals surface area (Å²) in [5.74, 6) is 0.192. The molecule has 2 heterocycles. The molecule has 120 valence electrons. The van der Waals surface area contributed by atoms with Crippen molar-refractivity contribution in [2.45, 2.75) is 32.3 Å². The van der Waals surface area contributed by atoms with E-state index in [9.17, 15) is 9.59 Å². The first-order valence-electron chi connectivity index (χ1n) is 7.90. The highest BCUT2D eigenvalue weighted by atomic mass is 16.5. The number of piperidine rings is 1. The van der Waals surface area contributed by atoms with Crippen LogP contribution in [0.5, 0.6) is 0 Å². The third-order valence-corrected chi connectivity index (χ3v) is 4.86. The van der Waals surface area contributed by atoms with Gasteiger partial charge in [0, 0.05) is 20.2 Å². The molecular formula is C15H27N3O3. The normalized spacial score (nSPS) is 27.7. The first-order valence-corrected chi connectivity index (χ1v) is 7.90. The Labute approximate surface area is 126 Å². The molecule has 0 aromatic heterocycles. The topological polar surface area (TPSA) is 75.9 Å². The van der Waals surface area contributed by atoms with Crippen molar-refractivity contribution in [1.29, 1.82) is 0 Å². The predicted molar refractivity (Wildman–Crippen MR) is 79.5 cm³/mol. The molecule has 2 atom stereocenters. The van der Waals surface area contributed by atoms with E-state index in [1.807, 2.05) is 14.0 Å². The van der Waals surface area contributed by atoms with Crippen LogP contribution < -0.4 is 5.73 Å². The van der Waals surface area contributed by atoms with Crippen molar-refractivity contribution < 1.29 is 14.3 Å². The van der Waals surface area contributed by atoms with Gasteiger partial charge in [-0.1, -0.05) is 0 Å². The summed E-state index contributed by atoms with van der Waals surface area (Å²) in [7, 11) is 1.83. The predicted octanol–water partition coefficient (Wildman–Crippen LogP) is 0.0671. The van der Waals surface area contributed by atoms with Gasteiger partial charge in [-0.3, -0.25) is 14.5 Å². The summed E-state index contributed by atoms with van der Waals surface area (Å²) in [6.07, 6.45) is 2.67. The molecule has 2 aliphatic rings. The van der Waals surface area contributed by atoms with E-state index in [0.717, 1.165) is 38.9 Å². The smallest absolute Gasteiger partial charge is 0.236 e. The number of likely N-dealkylation sites (N-methyl/N-ethyl adjacent to an activating group) is 1. The Bertz CT molecular complexity index is 380. The Kier molecular flexibility index (Phi) is 5.58. The van der Waals surface area contributed by atoms with E-state index in [1.54, 1.807) is 4.90 Å². The van der Waals surface area contributed by atoms with Crippen LogP contribution in [0.15, 0.2) is 0 Å². The van der Waals surface area contributed by atoms with Gasteiger partial charge in [0.15, 0.2) is 0 Å². The molecule has 0 aliphatic carbocycles. The number of likely N-dealkylation sites (tertiary alicyclic amines) is 1. The summed E-state index contributed by atoms with van der Waals surface area (Å²) >= 11 is 0. The zero-order chi connectivity index (χ0) is 15.4. The standard InChI is InChI=1S/C15H27N3O3/c1-3-17(2)13(19)10-18-7-4-11(5-8-18)14-12(15(16)20)6-9-21-14/h11-12,14H,3-10H2,1-2H3,(H2,16,20)/t12-,14+/m0/s1. The average molecular weight is 297 g/mol. The van der Waals surface area contributed by atoms with E-state index in [-0.39, 0.29) is 23.8 Å². The molecule has 2 fully saturated rings. The molecule has 2 N–H and O–H groups in total. The molecule has 2 amide bonds. The quantitative estimate of drug-likeness (QED) is 0.779. The Morgan fingerprint density at radius 3 is 2.52 bits per heavy atom. The third kappa shape index (κ3) is 3.95. The monoisotopic (exact) mass is 297 g/mol. The number of ether oxygens (including phenoxy) is 1. The van der Waals surface area contributed by atoms with Gasteiger partial charge in [0.25, 0.3) is 0 Å². The van der Waals surface area contributed by atoms with Crippen molar-refractivity contribution >= 4 is 11.8 Å². The summed E-state index contributed by atoms with van der Waals surface area (Å²) in [6.45, 7) is 5.62. The van der Waals surface area contributed by atoms with Gasteiger partial charge in [-0.15, -0.1) is 0 Å². The fourth-order valence-corrected chi connectivity index (χ4v) is 3.31. The molecule has 2 aliphatic heterocycles. The van der Waals surface area contributed by atoms with Crippen LogP contribution in [0.2, 0.25) is 0 Å². The first kappa shape index (κ1) is 16.2. The van der Waals surface area contributed by atoms with E-state index in [1.165, 1.54) is 0 Å². The van der Waals surface area contributed by atoms with Gasteiger partial charge < -0.3 is 15.4 Å². The van der Waals surface area contributed by atoms with Crippen molar-refractivity contribution in [2.75, 3.05) is 39.8 Å². The minimum Gasteiger partial charge on any atom is -0.377 e. The van der Waals surface area contributed by atoms with Gasteiger partial charge in [0.05, 0.1) is 18.6 Å². The number of rotatable bonds is 5. The van der Waals surface area contributed by atoms with E-state index in [2.05, 4.69) is 4.90 Å². The Morgan fingerprint density at radius 1 is 1.29 bits per heavy atom. The van der Waals surface area contributed by atoms with Crippen LogP contribution in [0.1, 0.15) is 26.2 Å². The van der Waals surface area contributed by atoms with Crippen LogP contribution in [-0.2, 0) is 14.3 Å². The van der Waals surface area contributed by atoms with Crippen molar-refractivity contribution in [2.24, 2.45) is 17.6 Å². The fourth-order valence-electron chi connectivity index (χ4n) is 3.31. The highest BCUT2D eigenvalue weighted by molar-refractivity contribution is 5.78. The molecule has 0 aromatic rings. The number of hydrogen-bond acceptors (Lipinski definition) is 4. The minimum atomic E-state index is -0.236. The number of primary amides is 1. The summed E-state index contributed by atoms with van der Waals surface area (Å²) in [6, 6.07) is 0. The Balaban J connectivity index is 1.80. The molecule has 2 saturated heterocycles. The van der Waals surface area contributed by atoms with Crippen LogP contribution in [0.25, 0.3) is 0 Å². The van der Waals surface area contributed by atoms with Crippen molar-refractivity contribution in [3.05, 3.63) is 0 Å². The Hall–Kier alpha value is -1.14. The summed E-state index contributed by atoms with van der Waals surface area (Å²) in [4.78, 5) is 27.3. The molecule has 0 radical (unpaired) electrons. The SMILES string of the molecule is CCN(C)C(=O)CN1CCC([C@H]2OCC[C@@H]2C(N)=O)CC1.